The third-order valence-corrected chi connectivity index (χ3v) is 3.80. The van der Waals surface area contributed by atoms with Gasteiger partial charge in [-0.05, 0) is 23.8 Å². The SMILES string of the molecule is O=C(Nc1nn(Cc2ccc(F)cc2)cc1Cl)c1nc2ncccn2n1. The first kappa shape index (κ1) is 16.2. The minimum absolute atomic E-state index is 0.0483. The van der Waals surface area contributed by atoms with Crippen molar-refractivity contribution in [1.29, 1.82) is 0 Å². The van der Waals surface area contributed by atoms with Crippen LogP contribution in [0.4, 0.5) is 10.2 Å². The fourth-order valence-electron chi connectivity index (χ4n) is 2.33. The van der Waals surface area contributed by atoms with E-state index in [9.17, 15) is 9.18 Å². The van der Waals surface area contributed by atoms with E-state index < -0.39 is 5.91 Å². The Labute approximate surface area is 151 Å². The van der Waals surface area contributed by atoms with Gasteiger partial charge in [-0.1, -0.05) is 23.7 Å². The summed E-state index contributed by atoms with van der Waals surface area (Å²) in [5.74, 6) is -0.414. The van der Waals surface area contributed by atoms with Crippen molar-refractivity contribution >= 4 is 29.1 Å². The number of anilines is 1. The topological polar surface area (TPSA) is 90.0 Å². The highest BCUT2D eigenvalue weighted by atomic mass is 35.5. The van der Waals surface area contributed by atoms with Crippen molar-refractivity contribution in [2.24, 2.45) is 0 Å². The van der Waals surface area contributed by atoms with E-state index in [1.807, 2.05) is 0 Å². The number of nitrogens with one attached hydrogen (secondary N) is 1. The van der Waals surface area contributed by atoms with E-state index in [1.165, 1.54) is 16.6 Å². The highest BCUT2D eigenvalue weighted by Crippen LogP contribution is 2.20. The quantitative estimate of drug-likeness (QED) is 0.595. The molecule has 0 aliphatic heterocycles. The summed E-state index contributed by atoms with van der Waals surface area (Å²) in [6.07, 6.45) is 4.76. The van der Waals surface area contributed by atoms with Crippen LogP contribution in [0.2, 0.25) is 5.02 Å². The van der Waals surface area contributed by atoms with Crippen LogP contribution in [0.25, 0.3) is 5.78 Å². The summed E-state index contributed by atoms with van der Waals surface area (Å²) in [6.45, 7) is 0.381. The molecular weight excluding hydrogens is 361 g/mol. The Kier molecular flexibility index (Phi) is 4.05. The Morgan fingerprint density at radius 3 is 2.81 bits per heavy atom. The summed E-state index contributed by atoms with van der Waals surface area (Å²) >= 11 is 6.13. The second-order valence-corrected chi connectivity index (χ2v) is 5.81. The van der Waals surface area contributed by atoms with Crippen molar-refractivity contribution in [3.8, 4) is 0 Å². The number of aromatic nitrogens is 6. The average molecular weight is 372 g/mol. The van der Waals surface area contributed by atoms with Gasteiger partial charge in [0.15, 0.2) is 5.82 Å². The van der Waals surface area contributed by atoms with Gasteiger partial charge in [-0.2, -0.15) is 10.1 Å². The lowest BCUT2D eigenvalue weighted by Crippen LogP contribution is -2.15. The number of carbonyl (C=O) groups excluding carboxylic acids is 1. The van der Waals surface area contributed by atoms with Gasteiger partial charge in [-0.3, -0.25) is 9.48 Å². The Morgan fingerprint density at radius 2 is 2.04 bits per heavy atom. The molecule has 1 aromatic carbocycles. The number of halogens is 2. The molecule has 4 aromatic rings. The van der Waals surface area contributed by atoms with Crippen LogP contribution >= 0.6 is 11.6 Å². The molecule has 0 saturated carbocycles. The van der Waals surface area contributed by atoms with E-state index in [-0.39, 0.29) is 22.5 Å². The predicted molar refractivity (Wildman–Crippen MR) is 91.5 cm³/mol. The van der Waals surface area contributed by atoms with Crippen LogP contribution in [0.3, 0.4) is 0 Å². The standard InChI is InChI=1S/C16H11ClFN7O/c17-12-9-24(8-10-2-4-11(18)5-3-10)22-13(12)20-15(26)14-21-16-19-6-1-7-25(16)23-14/h1-7,9H,8H2,(H,20,22,26). The van der Waals surface area contributed by atoms with E-state index in [1.54, 1.807) is 41.5 Å². The Bertz CT molecular complexity index is 1060. The minimum atomic E-state index is -0.551. The van der Waals surface area contributed by atoms with Crippen molar-refractivity contribution in [3.05, 3.63) is 71.2 Å². The zero-order chi connectivity index (χ0) is 18.1. The molecule has 0 saturated heterocycles. The van der Waals surface area contributed by atoms with Crippen LogP contribution in [0.1, 0.15) is 16.2 Å². The lowest BCUT2D eigenvalue weighted by molar-refractivity contribution is 0.101. The number of carbonyl (C=O) groups is 1. The molecule has 1 amide bonds. The van der Waals surface area contributed by atoms with Crippen molar-refractivity contribution in [1.82, 2.24) is 29.4 Å². The number of fused-ring (bicyclic) bond motifs is 1. The monoisotopic (exact) mass is 371 g/mol. The van der Waals surface area contributed by atoms with Crippen LogP contribution in [0.5, 0.6) is 0 Å². The largest absolute Gasteiger partial charge is 0.301 e. The van der Waals surface area contributed by atoms with Gasteiger partial charge in [0.1, 0.15) is 10.8 Å². The average Bonchev–Trinajstić information content (AvgIpc) is 3.21. The molecule has 8 nitrogen and oxygen atoms in total. The molecule has 26 heavy (non-hydrogen) atoms. The third-order valence-electron chi connectivity index (χ3n) is 3.53. The molecule has 3 aromatic heterocycles. The van der Waals surface area contributed by atoms with Crippen molar-refractivity contribution < 1.29 is 9.18 Å². The van der Waals surface area contributed by atoms with Crippen molar-refractivity contribution in [3.63, 3.8) is 0 Å². The normalized spacial score (nSPS) is 11.0. The molecule has 4 rings (SSSR count). The molecule has 0 radical (unpaired) electrons. The van der Waals surface area contributed by atoms with E-state index >= 15 is 0 Å². The number of nitrogens with zero attached hydrogens (tertiary/aromatic N) is 6. The molecule has 0 spiro atoms. The second kappa shape index (κ2) is 6.52. The highest BCUT2D eigenvalue weighted by Gasteiger charge is 2.17. The van der Waals surface area contributed by atoms with Gasteiger partial charge >= 0.3 is 0 Å². The van der Waals surface area contributed by atoms with E-state index in [4.69, 9.17) is 11.6 Å². The molecular formula is C16H11ClFN7O. The number of benzene rings is 1. The van der Waals surface area contributed by atoms with Crippen LogP contribution in [-0.4, -0.2) is 35.3 Å². The van der Waals surface area contributed by atoms with E-state index in [0.717, 1.165) is 5.56 Å². The molecule has 0 aliphatic carbocycles. The van der Waals surface area contributed by atoms with Gasteiger partial charge in [0.05, 0.1) is 6.54 Å². The maximum atomic E-state index is 13.0. The number of rotatable bonds is 4. The zero-order valence-electron chi connectivity index (χ0n) is 13.2. The molecule has 0 atom stereocenters. The Hall–Kier alpha value is -3.33. The van der Waals surface area contributed by atoms with Crippen LogP contribution in [0.15, 0.2) is 48.9 Å². The van der Waals surface area contributed by atoms with Gasteiger partial charge in [0.2, 0.25) is 5.82 Å². The molecule has 0 fully saturated rings. The van der Waals surface area contributed by atoms with Crippen molar-refractivity contribution in [2.45, 2.75) is 6.54 Å². The number of hydrogen-bond acceptors (Lipinski definition) is 5. The number of hydrogen-bond donors (Lipinski definition) is 1. The van der Waals surface area contributed by atoms with Crippen LogP contribution in [-0.2, 0) is 6.54 Å². The third kappa shape index (κ3) is 3.24. The maximum Gasteiger partial charge on any atom is 0.296 e. The molecule has 0 bridgehead atoms. The van der Waals surface area contributed by atoms with E-state index in [2.05, 4.69) is 25.5 Å². The fraction of sp³-hybridized carbons (Fsp3) is 0.0625. The first-order valence-electron chi connectivity index (χ1n) is 7.54. The highest BCUT2D eigenvalue weighted by molar-refractivity contribution is 6.33. The molecule has 3 heterocycles. The summed E-state index contributed by atoms with van der Waals surface area (Å²) in [4.78, 5) is 20.4. The van der Waals surface area contributed by atoms with Crippen LogP contribution in [0, 0.1) is 5.82 Å². The zero-order valence-corrected chi connectivity index (χ0v) is 13.9. The van der Waals surface area contributed by atoms with Gasteiger partial charge < -0.3 is 5.32 Å². The summed E-state index contributed by atoms with van der Waals surface area (Å²) in [5.41, 5.74) is 0.844. The van der Waals surface area contributed by atoms with Gasteiger partial charge in [0.25, 0.3) is 11.7 Å². The lowest BCUT2D eigenvalue weighted by Gasteiger charge is -2.02. The molecule has 0 aliphatic rings. The first-order chi connectivity index (χ1) is 12.6. The van der Waals surface area contributed by atoms with Gasteiger partial charge in [-0.15, -0.1) is 5.10 Å². The molecule has 0 unspecified atom stereocenters. The predicted octanol–water partition coefficient (Wildman–Crippen LogP) is 2.41. The minimum Gasteiger partial charge on any atom is -0.301 e. The molecule has 1 N–H and O–H groups in total. The lowest BCUT2D eigenvalue weighted by atomic mass is 10.2. The fourth-order valence-corrected chi connectivity index (χ4v) is 2.53. The smallest absolute Gasteiger partial charge is 0.296 e. The summed E-state index contributed by atoms with van der Waals surface area (Å²) < 4.78 is 15.9. The molecule has 10 heteroatoms. The van der Waals surface area contributed by atoms with Gasteiger partial charge in [-0.25, -0.2) is 13.9 Å². The summed E-state index contributed by atoms with van der Waals surface area (Å²) in [5, 5.41) is 11.1. The summed E-state index contributed by atoms with van der Waals surface area (Å²) in [7, 11) is 0. The van der Waals surface area contributed by atoms with E-state index in [0.29, 0.717) is 12.3 Å². The first-order valence-corrected chi connectivity index (χ1v) is 7.92. The van der Waals surface area contributed by atoms with Crippen molar-refractivity contribution in [2.75, 3.05) is 5.32 Å². The Morgan fingerprint density at radius 1 is 1.23 bits per heavy atom. The number of amides is 1. The van der Waals surface area contributed by atoms with Crippen LogP contribution < -0.4 is 5.32 Å². The maximum absolute atomic E-state index is 13.0. The Balaban J connectivity index is 1.51. The molecule has 130 valence electrons. The summed E-state index contributed by atoms with van der Waals surface area (Å²) in [6, 6.07) is 7.71. The van der Waals surface area contributed by atoms with Gasteiger partial charge in [0, 0.05) is 18.6 Å². The second-order valence-electron chi connectivity index (χ2n) is 5.40.